The molecule has 0 radical (unpaired) electrons. The Bertz CT molecular complexity index is 1170. The highest BCUT2D eigenvalue weighted by Gasteiger charge is 2.86. The minimum absolute atomic E-state index is 0. The van der Waals surface area contributed by atoms with E-state index in [2.05, 4.69) is 31.2 Å². The van der Waals surface area contributed by atoms with Gasteiger partial charge in [-0.3, -0.25) is 4.84 Å². The predicted octanol–water partition coefficient (Wildman–Crippen LogP) is 4.62. The molecule has 1 aromatic carbocycles. The summed E-state index contributed by atoms with van der Waals surface area (Å²) in [5.41, 5.74) is 1.14. The Morgan fingerprint density at radius 1 is 0.806 bits per heavy atom. The number of pyridine rings is 1. The highest BCUT2D eigenvalue weighted by molar-refractivity contribution is 8.06. The maximum atomic E-state index is 12.5. The molecule has 2 aromatic rings. The molecule has 0 atom stereocenters. The van der Waals surface area contributed by atoms with E-state index in [-0.39, 0.29) is 11.6 Å². The molecule has 1 aliphatic rings. The van der Waals surface area contributed by atoms with Gasteiger partial charge in [-0.25, -0.2) is 16.8 Å². The van der Waals surface area contributed by atoms with Crippen molar-refractivity contribution in [2.45, 2.75) is 69.3 Å². The molecular weight excluding hydrogens is 538 g/mol. The van der Waals surface area contributed by atoms with Crippen LogP contribution in [-0.2, 0) is 20.0 Å². The van der Waals surface area contributed by atoms with Crippen LogP contribution in [0.15, 0.2) is 42.6 Å². The Morgan fingerprint density at radius 2 is 1.31 bits per heavy atom. The Labute approximate surface area is 206 Å². The summed E-state index contributed by atoms with van der Waals surface area (Å²) in [6.45, 7) is 3.05. The maximum absolute atomic E-state index is 12.5. The summed E-state index contributed by atoms with van der Waals surface area (Å²) < 4.78 is 118. The van der Waals surface area contributed by atoms with Gasteiger partial charge in [0.25, 0.3) is 25.6 Å². The lowest BCUT2D eigenvalue weighted by Gasteiger charge is -2.35. The highest BCUT2D eigenvalue weighted by Crippen LogP contribution is 2.53. The lowest BCUT2D eigenvalue weighted by atomic mass is 10.1. The minimum atomic E-state index is -6.57. The number of sulfonamides is 2. The van der Waals surface area contributed by atoms with Crippen molar-refractivity contribution in [3.8, 4) is 0 Å². The van der Waals surface area contributed by atoms with Crippen LogP contribution in [0.3, 0.4) is 0 Å². The van der Waals surface area contributed by atoms with E-state index in [1.54, 1.807) is 0 Å². The average Bonchev–Trinajstić information content (AvgIpc) is 2.77. The number of fused-ring (bicyclic) bond motifs is 1. The third-order valence-electron chi connectivity index (χ3n) is 5.03. The van der Waals surface area contributed by atoms with Gasteiger partial charge in [0.15, 0.2) is 6.61 Å². The molecule has 0 spiro atoms. The van der Waals surface area contributed by atoms with E-state index in [0.29, 0.717) is 0 Å². The van der Waals surface area contributed by atoms with Crippen molar-refractivity contribution < 1.29 is 52.7 Å². The van der Waals surface area contributed by atoms with Crippen LogP contribution in [0, 0.1) is 0 Å². The van der Waals surface area contributed by atoms with Gasteiger partial charge in [-0.15, -0.1) is 0 Å². The largest absolute Gasteiger partial charge is 0.429 e. The van der Waals surface area contributed by atoms with Crippen LogP contribution in [0.1, 0.15) is 52.9 Å². The molecule has 7 nitrogen and oxygen atoms in total. The predicted molar refractivity (Wildman–Crippen MR) is 122 cm³/mol. The zero-order valence-electron chi connectivity index (χ0n) is 18.6. The molecule has 0 bridgehead atoms. The van der Waals surface area contributed by atoms with Gasteiger partial charge in [0.1, 0.15) is 0 Å². The molecule has 0 amide bonds. The van der Waals surface area contributed by atoms with Crippen LogP contribution in [0.5, 0.6) is 0 Å². The van der Waals surface area contributed by atoms with E-state index in [9.17, 15) is 43.2 Å². The number of para-hydroxylation sites is 1. The second-order valence-electron chi connectivity index (χ2n) is 7.69. The number of unbranched alkanes of at least 4 members (excludes halogenated alkanes) is 5. The molecular formula is C21H29F6N2O5S2+. The number of nitrogens with one attached hydrogen (secondary N) is 1. The summed E-state index contributed by atoms with van der Waals surface area (Å²) in [5.74, 6) is -6.57. The summed E-state index contributed by atoms with van der Waals surface area (Å²) in [5, 5.41) is -11.3. The molecule has 1 fully saturated rings. The number of hydrogen-bond donors (Lipinski definition) is 1. The zero-order valence-corrected chi connectivity index (χ0v) is 20.2. The van der Waals surface area contributed by atoms with Gasteiger partial charge in [-0.1, -0.05) is 56.3 Å². The first-order chi connectivity index (χ1) is 16.1. The first-order valence-corrected chi connectivity index (χ1v) is 13.5. The lowest BCUT2D eigenvalue weighted by Crippen LogP contribution is -2.70. The number of nitrogens with zero attached hydrogens (tertiary/aromatic N) is 1. The van der Waals surface area contributed by atoms with Crippen molar-refractivity contribution in [2.24, 2.45) is 0 Å². The Balaban J connectivity index is 0.000000356. The van der Waals surface area contributed by atoms with Crippen molar-refractivity contribution in [3.63, 3.8) is 0 Å². The molecule has 0 unspecified atom stereocenters. The van der Waals surface area contributed by atoms with Gasteiger partial charge < -0.3 is 0 Å². The van der Waals surface area contributed by atoms with Crippen LogP contribution >= 0.6 is 0 Å². The molecule has 3 rings (SSSR count). The third-order valence-corrected chi connectivity index (χ3v) is 8.64. The molecule has 2 heterocycles. The van der Waals surface area contributed by atoms with Gasteiger partial charge in [-0.2, -0.15) is 26.3 Å². The Morgan fingerprint density at radius 3 is 1.89 bits per heavy atom. The maximum Gasteiger partial charge on any atom is 0.429 e. The lowest BCUT2D eigenvalue weighted by molar-refractivity contribution is -0.871. The smallest absolute Gasteiger partial charge is 0.271 e. The fourth-order valence-electron chi connectivity index (χ4n) is 3.05. The fourth-order valence-corrected chi connectivity index (χ4v) is 6.04. The zero-order chi connectivity index (χ0) is 26.5. The second kappa shape index (κ2) is 11.9. The van der Waals surface area contributed by atoms with Crippen LogP contribution < -0.4 is 13.7 Å². The normalized spacial score (nSPS) is 20.4. The summed E-state index contributed by atoms with van der Waals surface area (Å²) in [6, 6.07) is 12.5. The van der Waals surface area contributed by atoms with E-state index >= 15 is 0 Å². The van der Waals surface area contributed by atoms with Crippen LogP contribution in [-0.4, -0.2) is 39.9 Å². The number of aromatic nitrogens is 1. The van der Waals surface area contributed by atoms with Crippen molar-refractivity contribution in [2.75, 3.05) is 6.61 Å². The average molecular weight is 568 g/mol. The summed E-state index contributed by atoms with van der Waals surface area (Å²) in [4.78, 5) is 5.84. The van der Waals surface area contributed by atoms with Gasteiger partial charge in [0, 0.05) is 16.9 Å². The number of halogens is 6. The third kappa shape index (κ3) is 6.22. The van der Waals surface area contributed by atoms with E-state index in [4.69, 9.17) is 4.84 Å². The highest BCUT2D eigenvalue weighted by atomic mass is 32.3. The van der Waals surface area contributed by atoms with E-state index in [1.807, 2.05) is 23.1 Å². The van der Waals surface area contributed by atoms with E-state index in [0.717, 1.165) is 18.5 Å². The van der Waals surface area contributed by atoms with Crippen LogP contribution in [0.2, 0.25) is 0 Å². The fraction of sp³-hybridized carbons (Fsp3) is 0.571. The molecule has 1 aliphatic heterocycles. The van der Waals surface area contributed by atoms with Crippen LogP contribution in [0.25, 0.3) is 10.9 Å². The monoisotopic (exact) mass is 567 g/mol. The summed E-state index contributed by atoms with van der Waals surface area (Å²) in [6.07, 6.45) is 9.75. The van der Waals surface area contributed by atoms with E-state index < -0.39 is 36.5 Å². The topological polar surface area (TPSA) is 93.4 Å². The standard InChI is InChI=1S/C17H24NO.C3HF6NO4S2.CH4/c1-2-3-4-5-6-9-15-19-18-14-10-12-16-11-7-8-13-17(16)18;4-1(5)2(6,7)15(11,12)10-16(13,14)3(1,8)9;/h7-8,10-14H,2-6,9,15H2,1H3;10H;1H4/q+1;;. The molecule has 1 aromatic heterocycles. The number of alkyl halides is 6. The SMILES string of the molecule is C.CCCCCCCCO[n+]1cccc2ccccc21.O=S1(=O)NS(=O)(=O)C(F)(F)C(F)(F)C1(F)F. The number of rotatable bonds is 8. The molecule has 15 heteroatoms. The second-order valence-corrected chi connectivity index (χ2v) is 11.4. The number of hydrogen-bond acceptors (Lipinski definition) is 5. The molecule has 1 N–H and O–H groups in total. The first-order valence-electron chi connectivity index (χ1n) is 10.6. The van der Waals surface area contributed by atoms with Crippen molar-refractivity contribution in [1.29, 1.82) is 0 Å². The quantitative estimate of drug-likeness (QED) is 0.286. The first kappa shape index (κ1) is 31.9. The molecule has 0 aliphatic carbocycles. The van der Waals surface area contributed by atoms with Crippen molar-refractivity contribution >= 4 is 30.9 Å². The minimum Gasteiger partial charge on any atom is -0.271 e. The van der Waals surface area contributed by atoms with E-state index in [1.165, 1.54) is 37.5 Å². The molecule has 206 valence electrons. The van der Waals surface area contributed by atoms with Gasteiger partial charge >= 0.3 is 16.4 Å². The van der Waals surface area contributed by atoms with Crippen LogP contribution in [0.4, 0.5) is 26.3 Å². The van der Waals surface area contributed by atoms with Gasteiger partial charge in [-0.05, 0) is 25.0 Å². The molecule has 0 saturated carbocycles. The van der Waals surface area contributed by atoms with Gasteiger partial charge in [0.2, 0.25) is 6.20 Å². The summed E-state index contributed by atoms with van der Waals surface area (Å²) >= 11 is 0. The summed E-state index contributed by atoms with van der Waals surface area (Å²) in [7, 11) is -12.9. The Kier molecular flexibility index (Phi) is 10.6. The van der Waals surface area contributed by atoms with Crippen molar-refractivity contribution in [3.05, 3.63) is 42.6 Å². The Hall–Kier alpha value is -2.13. The molecule has 36 heavy (non-hydrogen) atoms. The van der Waals surface area contributed by atoms with Crippen molar-refractivity contribution in [1.82, 2.24) is 4.13 Å². The number of benzene rings is 1. The molecule has 1 saturated heterocycles. The van der Waals surface area contributed by atoms with Gasteiger partial charge in [0.05, 0.1) is 5.39 Å².